The van der Waals surface area contributed by atoms with E-state index in [0.717, 1.165) is 14.7 Å². The lowest BCUT2D eigenvalue weighted by atomic mass is 10.1. The fourth-order valence-electron chi connectivity index (χ4n) is 3.97. The van der Waals surface area contributed by atoms with Crippen LogP contribution < -0.4 is 0 Å². The first kappa shape index (κ1) is 23.6. The number of benzene rings is 2. The summed E-state index contributed by atoms with van der Waals surface area (Å²) in [6.45, 7) is 3.31. The smallest absolute Gasteiger partial charge is 0.326 e. The quantitative estimate of drug-likeness (QED) is 0.524. The topological polar surface area (TPSA) is 108 Å². The molecule has 11 heteroatoms. The first-order chi connectivity index (χ1) is 15.6. The molecule has 1 fully saturated rings. The fourth-order valence-corrected chi connectivity index (χ4v) is 6.37. The number of aromatic nitrogens is 1. The molecule has 1 aliphatic rings. The van der Waals surface area contributed by atoms with E-state index in [0.29, 0.717) is 16.1 Å². The molecule has 1 amide bonds. The van der Waals surface area contributed by atoms with Crippen molar-refractivity contribution in [2.75, 3.05) is 6.54 Å². The lowest BCUT2D eigenvalue weighted by Crippen LogP contribution is -2.48. The average molecular weight is 508 g/mol. The van der Waals surface area contributed by atoms with Crippen LogP contribution in [0, 0.1) is 6.92 Å². The molecule has 0 bridgehead atoms. The molecule has 0 radical (unpaired) electrons. The number of fused-ring (bicyclic) bond motifs is 1. The van der Waals surface area contributed by atoms with Gasteiger partial charge in [-0.15, -0.1) is 11.3 Å². The van der Waals surface area contributed by atoms with Gasteiger partial charge in [0.25, 0.3) is 0 Å². The van der Waals surface area contributed by atoms with Crippen LogP contribution in [0.1, 0.15) is 24.0 Å². The minimum Gasteiger partial charge on any atom is -0.480 e. The molecule has 4 rings (SSSR count). The van der Waals surface area contributed by atoms with E-state index < -0.39 is 34.0 Å². The number of hydrogen-bond donors (Lipinski definition) is 1. The van der Waals surface area contributed by atoms with Gasteiger partial charge in [-0.3, -0.25) is 4.79 Å². The van der Waals surface area contributed by atoms with E-state index in [1.807, 2.05) is 6.92 Å². The summed E-state index contributed by atoms with van der Waals surface area (Å²) in [6, 6.07) is 7.83. The van der Waals surface area contributed by atoms with Crippen LogP contribution in [0.25, 0.3) is 10.8 Å². The molecule has 1 N–H and O–H groups in total. The van der Waals surface area contributed by atoms with Gasteiger partial charge in [-0.25, -0.2) is 18.2 Å². The predicted molar refractivity (Wildman–Crippen MR) is 126 cm³/mol. The summed E-state index contributed by atoms with van der Waals surface area (Å²) in [5, 5.41) is 13.9. The number of nitrogens with zero attached hydrogens (tertiary/aromatic N) is 3. The Morgan fingerprint density at radius 3 is 2.67 bits per heavy atom. The van der Waals surface area contributed by atoms with Crippen LogP contribution in [0.15, 0.2) is 46.7 Å². The molecule has 2 heterocycles. The normalized spacial score (nSPS) is 17.8. The van der Waals surface area contributed by atoms with Gasteiger partial charge in [-0.2, -0.15) is 4.31 Å². The van der Waals surface area contributed by atoms with E-state index in [4.69, 9.17) is 11.6 Å². The first-order valence-electron chi connectivity index (χ1n) is 10.2. The van der Waals surface area contributed by atoms with E-state index in [9.17, 15) is 23.1 Å². The molecule has 3 aromatic rings. The number of carboxylic acids is 1. The first-order valence-corrected chi connectivity index (χ1v) is 12.9. The highest BCUT2D eigenvalue weighted by molar-refractivity contribution is 7.89. The van der Waals surface area contributed by atoms with E-state index in [-0.39, 0.29) is 24.4 Å². The third-order valence-corrected chi connectivity index (χ3v) is 8.66. The van der Waals surface area contributed by atoms with Crippen molar-refractivity contribution in [3.05, 3.63) is 57.5 Å². The molecule has 2 atom stereocenters. The van der Waals surface area contributed by atoms with Gasteiger partial charge < -0.3 is 10.0 Å². The number of aliphatic carboxylic acids is 1. The second-order valence-corrected chi connectivity index (χ2v) is 11.3. The largest absolute Gasteiger partial charge is 0.480 e. The Balaban J connectivity index is 1.75. The average Bonchev–Trinajstić information content (AvgIpc) is 3.35. The zero-order valence-electron chi connectivity index (χ0n) is 17.9. The Hall–Kier alpha value is -2.53. The van der Waals surface area contributed by atoms with Crippen LogP contribution in [0.4, 0.5) is 0 Å². The highest BCUT2D eigenvalue weighted by Crippen LogP contribution is 2.30. The zero-order valence-corrected chi connectivity index (χ0v) is 20.3. The van der Waals surface area contributed by atoms with Gasteiger partial charge >= 0.3 is 5.97 Å². The Morgan fingerprint density at radius 1 is 1.30 bits per heavy atom. The third-order valence-electron chi connectivity index (χ3n) is 5.75. The monoisotopic (exact) mass is 507 g/mol. The van der Waals surface area contributed by atoms with E-state index >= 15 is 0 Å². The van der Waals surface area contributed by atoms with Gasteiger partial charge in [-0.1, -0.05) is 23.7 Å². The van der Waals surface area contributed by atoms with Crippen LogP contribution in [0.3, 0.4) is 0 Å². The molecule has 8 nitrogen and oxygen atoms in total. The minimum absolute atomic E-state index is 0.0433. The number of halogens is 1. The summed E-state index contributed by atoms with van der Waals surface area (Å²) in [4.78, 5) is 30.2. The number of carbonyl (C=O) groups excluding carboxylic acids is 1. The Bertz CT molecular complexity index is 1340. The van der Waals surface area contributed by atoms with Crippen LogP contribution in [-0.2, 0) is 26.2 Å². The number of rotatable bonds is 7. The highest BCUT2D eigenvalue weighted by Gasteiger charge is 2.44. The summed E-state index contributed by atoms with van der Waals surface area (Å²) < 4.78 is 28.7. The summed E-state index contributed by atoms with van der Waals surface area (Å²) in [5.41, 5.74) is 0.533. The molecule has 2 aromatic carbocycles. The SMILES string of the molecule is Cc1nc(CN([C@H]2CCN([C@@H](C)C(=O)O)C2=O)S(=O)(=O)c2ccc3cc(Cl)ccc3c2)cs1. The van der Waals surface area contributed by atoms with E-state index in [1.165, 1.54) is 29.2 Å². The van der Waals surface area contributed by atoms with Gasteiger partial charge in [0.1, 0.15) is 12.1 Å². The van der Waals surface area contributed by atoms with Crippen molar-refractivity contribution < 1.29 is 23.1 Å². The summed E-state index contributed by atoms with van der Waals surface area (Å²) in [5.74, 6) is -1.66. The maximum atomic E-state index is 13.8. The van der Waals surface area contributed by atoms with Crippen LogP contribution in [0.2, 0.25) is 5.02 Å². The standard InChI is InChI=1S/C22H22ClN3O5S2/c1-13(22(28)29)25-8-7-20(21(25)27)26(11-18-12-32-14(2)24-18)33(30,31)19-6-4-15-9-17(23)5-3-16(15)10-19/h3-6,9-10,12-13,20H,7-8,11H2,1-2H3,(H,28,29)/t13-,20-/m0/s1. The molecular formula is C22H22ClN3O5S2. The van der Waals surface area contributed by atoms with Crippen molar-refractivity contribution >= 4 is 55.6 Å². The van der Waals surface area contributed by atoms with Crippen molar-refractivity contribution in [3.8, 4) is 0 Å². The number of sulfonamides is 1. The minimum atomic E-state index is -4.11. The number of thiazole rings is 1. The van der Waals surface area contributed by atoms with Crippen molar-refractivity contribution in [3.63, 3.8) is 0 Å². The number of amides is 1. The predicted octanol–water partition coefficient (Wildman–Crippen LogP) is 3.52. The van der Waals surface area contributed by atoms with Crippen molar-refractivity contribution in [2.45, 2.75) is 43.8 Å². The molecule has 1 aromatic heterocycles. The zero-order chi connectivity index (χ0) is 23.9. The fraction of sp³-hybridized carbons (Fsp3) is 0.318. The van der Waals surface area contributed by atoms with Crippen molar-refractivity contribution in [1.29, 1.82) is 0 Å². The summed E-state index contributed by atoms with van der Waals surface area (Å²) >= 11 is 7.43. The number of aryl methyl sites for hydroxylation is 1. The Labute approximate surface area is 200 Å². The van der Waals surface area contributed by atoms with Gasteiger partial charge in [-0.05, 0) is 55.3 Å². The van der Waals surface area contributed by atoms with Gasteiger partial charge in [0, 0.05) is 16.9 Å². The van der Waals surface area contributed by atoms with Crippen LogP contribution in [-0.4, -0.2) is 58.2 Å². The lowest BCUT2D eigenvalue weighted by molar-refractivity contribution is -0.148. The molecular weight excluding hydrogens is 486 g/mol. The molecule has 0 aliphatic carbocycles. The van der Waals surface area contributed by atoms with E-state index in [1.54, 1.807) is 35.7 Å². The summed E-state index contributed by atoms with van der Waals surface area (Å²) in [6.07, 6.45) is 0.196. The van der Waals surface area contributed by atoms with Crippen molar-refractivity contribution in [1.82, 2.24) is 14.2 Å². The Kier molecular flexibility index (Phi) is 6.45. The third kappa shape index (κ3) is 4.61. The number of carbonyl (C=O) groups is 2. The second-order valence-electron chi connectivity index (χ2n) is 7.91. The van der Waals surface area contributed by atoms with Crippen molar-refractivity contribution in [2.24, 2.45) is 0 Å². The van der Waals surface area contributed by atoms with Gasteiger partial charge in [0.2, 0.25) is 15.9 Å². The molecule has 0 saturated carbocycles. The maximum Gasteiger partial charge on any atom is 0.326 e. The number of likely N-dealkylation sites (tertiary alicyclic amines) is 1. The lowest BCUT2D eigenvalue weighted by Gasteiger charge is -2.28. The summed E-state index contributed by atoms with van der Waals surface area (Å²) in [7, 11) is -4.11. The Morgan fingerprint density at radius 2 is 2.00 bits per heavy atom. The van der Waals surface area contributed by atoms with Crippen LogP contribution >= 0.6 is 22.9 Å². The second kappa shape index (κ2) is 9.02. The molecule has 0 spiro atoms. The molecule has 0 unspecified atom stereocenters. The molecule has 174 valence electrons. The molecule has 1 saturated heterocycles. The van der Waals surface area contributed by atoms with Gasteiger partial charge in [0.05, 0.1) is 22.1 Å². The number of carboxylic acid groups (broad SMARTS) is 1. The van der Waals surface area contributed by atoms with E-state index in [2.05, 4.69) is 4.98 Å². The van der Waals surface area contributed by atoms with Gasteiger partial charge in [0.15, 0.2) is 0 Å². The number of hydrogen-bond acceptors (Lipinski definition) is 6. The molecule has 33 heavy (non-hydrogen) atoms. The maximum absolute atomic E-state index is 13.8. The van der Waals surface area contributed by atoms with Crippen LogP contribution in [0.5, 0.6) is 0 Å². The molecule has 1 aliphatic heterocycles. The highest BCUT2D eigenvalue weighted by atomic mass is 35.5.